The maximum absolute atomic E-state index is 12.8. The van der Waals surface area contributed by atoms with Gasteiger partial charge in [-0.05, 0) is 51.6 Å². The Labute approximate surface area is 137 Å². The number of likely N-dealkylation sites (N-methyl/N-ethyl adjacent to an activating group) is 1. The van der Waals surface area contributed by atoms with Gasteiger partial charge in [0.2, 0.25) is 5.91 Å². The third-order valence-electron chi connectivity index (χ3n) is 5.28. The standard InChI is InChI=1S/C16H28N6O/c1-12(2)22-11-19-20-14(22)9-21(3)15(23)13-8-16(10-18-13)4-6-17-7-5-16/h11-13,17-18H,4-10H2,1-3H3/t13-/m1/s1. The van der Waals surface area contributed by atoms with E-state index in [0.717, 1.165) is 44.7 Å². The zero-order valence-electron chi connectivity index (χ0n) is 14.4. The Morgan fingerprint density at radius 3 is 2.91 bits per heavy atom. The molecule has 0 aliphatic carbocycles. The summed E-state index contributed by atoms with van der Waals surface area (Å²) >= 11 is 0. The molecule has 1 aromatic heterocycles. The Hall–Kier alpha value is -1.47. The molecule has 3 rings (SSSR count). The molecular weight excluding hydrogens is 292 g/mol. The van der Waals surface area contributed by atoms with Crippen LogP contribution in [0.25, 0.3) is 0 Å². The summed E-state index contributed by atoms with van der Waals surface area (Å²) in [5.74, 6) is 1.00. The molecule has 0 radical (unpaired) electrons. The molecule has 0 unspecified atom stereocenters. The van der Waals surface area contributed by atoms with Crippen LogP contribution >= 0.6 is 0 Å². The van der Waals surface area contributed by atoms with E-state index < -0.39 is 0 Å². The van der Waals surface area contributed by atoms with Crippen LogP contribution in [0.2, 0.25) is 0 Å². The highest BCUT2D eigenvalue weighted by Crippen LogP contribution is 2.37. The summed E-state index contributed by atoms with van der Waals surface area (Å²) in [4.78, 5) is 14.5. The molecule has 2 saturated heterocycles. The second-order valence-electron chi connectivity index (χ2n) is 7.33. The second-order valence-corrected chi connectivity index (χ2v) is 7.33. The lowest BCUT2D eigenvalue weighted by Gasteiger charge is -2.33. The molecule has 1 atom stereocenters. The van der Waals surface area contributed by atoms with Gasteiger partial charge >= 0.3 is 0 Å². The van der Waals surface area contributed by atoms with Crippen molar-refractivity contribution in [2.24, 2.45) is 5.41 Å². The van der Waals surface area contributed by atoms with Gasteiger partial charge in [0.1, 0.15) is 6.33 Å². The molecule has 3 heterocycles. The van der Waals surface area contributed by atoms with Crippen molar-refractivity contribution >= 4 is 5.91 Å². The first-order valence-corrected chi connectivity index (χ1v) is 8.58. The molecule has 2 fully saturated rings. The van der Waals surface area contributed by atoms with E-state index >= 15 is 0 Å². The molecule has 1 spiro atoms. The number of rotatable bonds is 4. The molecule has 23 heavy (non-hydrogen) atoms. The monoisotopic (exact) mass is 320 g/mol. The highest BCUT2D eigenvalue weighted by Gasteiger charge is 2.42. The van der Waals surface area contributed by atoms with Crippen LogP contribution in [0.3, 0.4) is 0 Å². The number of amides is 1. The predicted octanol–water partition coefficient (Wildman–Crippen LogP) is 0.549. The van der Waals surface area contributed by atoms with Gasteiger partial charge in [0.05, 0.1) is 12.6 Å². The summed E-state index contributed by atoms with van der Waals surface area (Å²) in [7, 11) is 1.86. The van der Waals surface area contributed by atoms with Crippen LogP contribution in [0.5, 0.6) is 0 Å². The minimum Gasteiger partial charge on any atom is -0.337 e. The minimum absolute atomic E-state index is 0.0616. The third kappa shape index (κ3) is 3.40. The number of nitrogens with zero attached hydrogens (tertiary/aromatic N) is 4. The van der Waals surface area contributed by atoms with Crippen LogP contribution in [0.15, 0.2) is 6.33 Å². The molecule has 2 aliphatic heterocycles. The number of piperidine rings is 1. The van der Waals surface area contributed by atoms with Crippen molar-refractivity contribution in [3.8, 4) is 0 Å². The number of aromatic nitrogens is 3. The van der Waals surface area contributed by atoms with E-state index in [2.05, 4.69) is 34.7 Å². The van der Waals surface area contributed by atoms with E-state index in [4.69, 9.17) is 0 Å². The lowest BCUT2D eigenvalue weighted by Crippen LogP contribution is -2.41. The average molecular weight is 320 g/mol. The van der Waals surface area contributed by atoms with Gasteiger partial charge in [0.25, 0.3) is 0 Å². The number of carbonyl (C=O) groups excluding carboxylic acids is 1. The van der Waals surface area contributed by atoms with Gasteiger partial charge in [-0.25, -0.2) is 0 Å². The van der Waals surface area contributed by atoms with Crippen molar-refractivity contribution in [2.75, 3.05) is 26.7 Å². The van der Waals surface area contributed by atoms with Gasteiger partial charge in [-0.1, -0.05) is 0 Å². The zero-order valence-corrected chi connectivity index (χ0v) is 14.4. The fourth-order valence-electron chi connectivity index (χ4n) is 3.80. The van der Waals surface area contributed by atoms with Crippen molar-refractivity contribution < 1.29 is 4.79 Å². The fraction of sp³-hybridized carbons (Fsp3) is 0.812. The van der Waals surface area contributed by atoms with Crippen molar-refractivity contribution in [1.29, 1.82) is 0 Å². The SMILES string of the molecule is CC(C)n1cnnc1CN(C)C(=O)[C@H]1CC2(CCNCC2)CN1. The summed E-state index contributed by atoms with van der Waals surface area (Å²) in [5.41, 5.74) is 0.310. The van der Waals surface area contributed by atoms with E-state index in [-0.39, 0.29) is 11.9 Å². The summed E-state index contributed by atoms with van der Waals surface area (Å²) in [6, 6.07) is 0.236. The third-order valence-corrected chi connectivity index (χ3v) is 5.28. The molecule has 1 amide bonds. The van der Waals surface area contributed by atoms with Crippen LogP contribution in [0.1, 0.15) is 45.0 Å². The summed E-state index contributed by atoms with van der Waals surface area (Å²) in [6.07, 6.45) is 5.01. The Balaban J connectivity index is 1.60. The molecule has 0 saturated carbocycles. The maximum atomic E-state index is 12.8. The maximum Gasteiger partial charge on any atom is 0.239 e. The van der Waals surface area contributed by atoms with Crippen LogP contribution in [-0.4, -0.2) is 58.3 Å². The summed E-state index contributed by atoms with van der Waals surface area (Å²) in [5, 5.41) is 15.0. The first-order valence-electron chi connectivity index (χ1n) is 8.58. The van der Waals surface area contributed by atoms with Crippen molar-refractivity contribution in [3.63, 3.8) is 0 Å². The zero-order chi connectivity index (χ0) is 16.4. The van der Waals surface area contributed by atoms with E-state index in [1.165, 1.54) is 0 Å². The fourth-order valence-corrected chi connectivity index (χ4v) is 3.80. The first-order chi connectivity index (χ1) is 11.0. The Morgan fingerprint density at radius 2 is 2.22 bits per heavy atom. The highest BCUT2D eigenvalue weighted by molar-refractivity contribution is 5.82. The van der Waals surface area contributed by atoms with Crippen LogP contribution in [0, 0.1) is 5.41 Å². The van der Waals surface area contributed by atoms with E-state index in [1.54, 1.807) is 11.2 Å². The van der Waals surface area contributed by atoms with E-state index in [1.807, 2.05) is 11.6 Å². The van der Waals surface area contributed by atoms with Gasteiger partial charge in [0, 0.05) is 19.6 Å². The molecule has 7 nitrogen and oxygen atoms in total. The predicted molar refractivity (Wildman–Crippen MR) is 87.8 cm³/mol. The van der Waals surface area contributed by atoms with E-state index in [9.17, 15) is 4.79 Å². The number of hydrogen-bond acceptors (Lipinski definition) is 5. The van der Waals surface area contributed by atoms with Crippen molar-refractivity contribution in [3.05, 3.63) is 12.2 Å². The summed E-state index contributed by atoms with van der Waals surface area (Å²) < 4.78 is 2.01. The molecule has 1 aromatic rings. The Bertz CT molecular complexity index is 549. The van der Waals surface area contributed by atoms with Gasteiger partial charge in [-0.15, -0.1) is 10.2 Å². The molecule has 2 aliphatic rings. The second kappa shape index (κ2) is 6.57. The van der Waals surface area contributed by atoms with Crippen LogP contribution < -0.4 is 10.6 Å². The minimum atomic E-state index is -0.0616. The summed E-state index contributed by atoms with van der Waals surface area (Å²) in [6.45, 7) is 7.78. The molecule has 2 N–H and O–H groups in total. The lowest BCUT2D eigenvalue weighted by molar-refractivity contribution is -0.132. The quantitative estimate of drug-likeness (QED) is 0.847. The van der Waals surface area contributed by atoms with Crippen LogP contribution in [-0.2, 0) is 11.3 Å². The first kappa shape index (κ1) is 16.4. The van der Waals surface area contributed by atoms with Crippen molar-refractivity contribution in [1.82, 2.24) is 30.3 Å². The van der Waals surface area contributed by atoms with Gasteiger partial charge in [-0.2, -0.15) is 0 Å². The number of carbonyl (C=O) groups is 1. The van der Waals surface area contributed by atoms with E-state index in [0.29, 0.717) is 18.0 Å². The van der Waals surface area contributed by atoms with Crippen LogP contribution in [0.4, 0.5) is 0 Å². The van der Waals surface area contributed by atoms with Gasteiger partial charge < -0.3 is 20.1 Å². The Kier molecular flexibility index (Phi) is 4.68. The normalized spacial score (nSPS) is 23.6. The topological polar surface area (TPSA) is 75.1 Å². The Morgan fingerprint density at radius 1 is 1.48 bits per heavy atom. The van der Waals surface area contributed by atoms with Crippen molar-refractivity contribution in [2.45, 2.75) is 51.7 Å². The lowest BCUT2D eigenvalue weighted by atomic mass is 9.77. The molecule has 0 aromatic carbocycles. The molecule has 0 bridgehead atoms. The number of nitrogens with one attached hydrogen (secondary N) is 2. The molecule has 128 valence electrons. The average Bonchev–Trinajstić information content (AvgIpc) is 3.15. The largest absolute Gasteiger partial charge is 0.337 e. The number of hydrogen-bond donors (Lipinski definition) is 2. The highest BCUT2D eigenvalue weighted by atomic mass is 16.2. The molecule has 7 heteroatoms. The van der Waals surface area contributed by atoms with Gasteiger partial charge in [0.15, 0.2) is 5.82 Å². The smallest absolute Gasteiger partial charge is 0.239 e. The molecular formula is C16H28N6O. The van der Waals surface area contributed by atoms with Gasteiger partial charge in [-0.3, -0.25) is 4.79 Å².